The second-order valence-electron chi connectivity index (χ2n) is 10.0. The molecule has 11 nitrogen and oxygen atoms in total. The standard InChI is InChI=1S/C27H32N5O6PS/c1-17(2)19-10-8-18(9-11-19)13-36-39(35,40)37-14-22-21(33)12-23(38-22)32-16-30-24-25(28-15-29-26(24)32)31-27(34)20-6-4-3-5-7-20/h3-8,15-16,19,21-23,33H,1,9-14H2,2H3,(H,35,40)(H,28,29,31,34)/t19-,21+,22-,23-,39?/m1/s1. The first-order valence-electron chi connectivity index (χ1n) is 13.0. The number of amides is 1. The van der Waals surface area contributed by atoms with Crippen LogP contribution in [-0.2, 0) is 26.0 Å². The molecule has 3 heterocycles. The number of rotatable bonds is 10. The van der Waals surface area contributed by atoms with Gasteiger partial charge >= 0.3 is 0 Å². The third kappa shape index (κ3) is 6.77. The highest BCUT2D eigenvalue weighted by Crippen LogP contribution is 2.55. The molecule has 13 heteroatoms. The highest BCUT2D eigenvalue weighted by atomic mass is 32.7. The van der Waals surface area contributed by atoms with Gasteiger partial charge in [-0.05, 0) is 49.8 Å². The van der Waals surface area contributed by atoms with Crippen molar-refractivity contribution in [3.05, 3.63) is 72.4 Å². The minimum Gasteiger partial charge on any atom is -0.459 e. The number of carbonyl (C=O) groups is 1. The summed E-state index contributed by atoms with van der Waals surface area (Å²) in [6.07, 6.45) is 5.73. The van der Waals surface area contributed by atoms with Crippen molar-refractivity contribution in [1.82, 2.24) is 19.5 Å². The van der Waals surface area contributed by atoms with Crippen LogP contribution in [0.3, 0.4) is 0 Å². The molecule has 2 aliphatic rings. The van der Waals surface area contributed by atoms with Gasteiger partial charge in [-0.15, -0.1) is 0 Å². The first-order valence-corrected chi connectivity index (χ1v) is 15.6. The number of aliphatic hydroxyl groups excluding tert-OH is 1. The number of allylic oxidation sites excluding steroid dienone is 2. The highest BCUT2D eigenvalue weighted by molar-refractivity contribution is 8.35. The number of ether oxygens (including phenoxy) is 1. The molecule has 1 aliphatic heterocycles. The smallest absolute Gasteiger partial charge is 0.286 e. The Morgan fingerprint density at radius 2 is 2.08 bits per heavy atom. The van der Waals surface area contributed by atoms with Crippen LogP contribution in [0.15, 0.2) is 66.8 Å². The Bertz CT molecular complexity index is 1400. The maximum Gasteiger partial charge on any atom is 0.286 e. The second kappa shape index (κ2) is 12.4. The Labute approximate surface area is 238 Å². The molecule has 1 aliphatic carbocycles. The molecule has 5 rings (SSSR count). The number of anilines is 1. The van der Waals surface area contributed by atoms with E-state index in [1.807, 2.05) is 13.0 Å². The molecule has 1 amide bonds. The highest BCUT2D eigenvalue weighted by Gasteiger charge is 2.39. The van der Waals surface area contributed by atoms with Crippen molar-refractivity contribution in [1.29, 1.82) is 0 Å². The summed E-state index contributed by atoms with van der Waals surface area (Å²) in [5, 5.41) is 13.4. The fourth-order valence-electron chi connectivity index (χ4n) is 4.80. The molecule has 1 saturated heterocycles. The van der Waals surface area contributed by atoms with E-state index in [1.54, 1.807) is 28.8 Å². The predicted octanol–water partition coefficient (Wildman–Crippen LogP) is 4.28. The van der Waals surface area contributed by atoms with E-state index in [0.717, 1.165) is 24.8 Å². The molecule has 1 aromatic carbocycles. The number of aromatic nitrogens is 4. The monoisotopic (exact) mass is 585 g/mol. The Balaban J connectivity index is 1.17. The third-order valence-corrected chi connectivity index (χ3v) is 8.72. The molecule has 212 valence electrons. The Kier molecular flexibility index (Phi) is 8.96. The van der Waals surface area contributed by atoms with E-state index in [1.165, 1.54) is 18.2 Å². The number of benzene rings is 1. The zero-order chi connectivity index (χ0) is 28.3. The average molecular weight is 586 g/mol. The SMILES string of the molecule is C=C(C)[C@@H]1CC=C(CO[P+](O)([S-])OC[C@H]2O[C@@H](n3cnc4c(NC(=O)c5ccccc5)ncnc43)C[C@@H]2O)CC1. The molecule has 3 N–H and O–H groups in total. The zero-order valence-electron chi connectivity index (χ0n) is 22.0. The molecular weight excluding hydrogens is 553 g/mol. The fourth-order valence-corrected chi connectivity index (χ4v) is 5.88. The lowest BCUT2D eigenvalue weighted by atomic mass is 9.86. The molecule has 1 unspecified atom stereocenters. The Morgan fingerprint density at radius 1 is 1.27 bits per heavy atom. The summed E-state index contributed by atoms with van der Waals surface area (Å²) in [5.74, 6) is 0.417. The number of fused-ring (bicyclic) bond motifs is 1. The van der Waals surface area contributed by atoms with Crippen molar-refractivity contribution < 1.29 is 28.6 Å². The van der Waals surface area contributed by atoms with Crippen LogP contribution in [0.2, 0.25) is 0 Å². The number of carbonyl (C=O) groups excluding carboxylic acids is 1. The molecule has 1 fully saturated rings. The third-order valence-electron chi connectivity index (χ3n) is 7.16. The number of aliphatic hydroxyl groups is 1. The van der Waals surface area contributed by atoms with Crippen LogP contribution in [0.4, 0.5) is 5.82 Å². The van der Waals surface area contributed by atoms with Gasteiger partial charge < -0.3 is 27.4 Å². The van der Waals surface area contributed by atoms with Crippen molar-refractivity contribution in [2.75, 3.05) is 18.5 Å². The van der Waals surface area contributed by atoms with Gasteiger partial charge in [0, 0.05) is 12.0 Å². The number of hydrogen-bond donors (Lipinski definition) is 3. The van der Waals surface area contributed by atoms with Crippen LogP contribution in [0.5, 0.6) is 0 Å². The zero-order valence-corrected chi connectivity index (χ0v) is 23.8. The predicted molar refractivity (Wildman–Crippen MR) is 153 cm³/mol. The van der Waals surface area contributed by atoms with Crippen LogP contribution in [-0.4, -0.2) is 60.8 Å². The van der Waals surface area contributed by atoms with E-state index in [4.69, 9.17) is 26.0 Å². The van der Waals surface area contributed by atoms with Crippen LogP contribution < -0.4 is 5.32 Å². The lowest BCUT2D eigenvalue weighted by Crippen LogP contribution is -2.26. The molecule has 3 aromatic rings. The normalized spacial score (nSPS) is 24.4. The summed E-state index contributed by atoms with van der Waals surface area (Å²) in [7, 11) is -3.53. The molecule has 40 heavy (non-hydrogen) atoms. The van der Waals surface area contributed by atoms with Crippen molar-refractivity contribution in [3.63, 3.8) is 0 Å². The van der Waals surface area contributed by atoms with E-state index in [-0.39, 0.29) is 31.4 Å². The molecule has 0 bridgehead atoms. The minimum absolute atomic E-state index is 0.137. The van der Waals surface area contributed by atoms with E-state index in [2.05, 4.69) is 32.9 Å². The largest absolute Gasteiger partial charge is 0.459 e. The van der Waals surface area contributed by atoms with E-state index >= 15 is 0 Å². The minimum atomic E-state index is -3.53. The maximum absolute atomic E-state index is 12.6. The Hall–Kier alpha value is -2.70. The van der Waals surface area contributed by atoms with Crippen LogP contribution in [0.1, 0.15) is 49.2 Å². The summed E-state index contributed by atoms with van der Waals surface area (Å²) in [4.78, 5) is 36.0. The van der Waals surface area contributed by atoms with Crippen molar-refractivity contribution in [2.45, 2.75) is 51.0 Å². The van der Waals surface area contributed by atoms with Gasteiger partial charge in [-0.3, -0.25) is 9.36 Å². The van der Waals surface area contributed by atoms with Crippen LogP contribution in [0.25, 0.3) is 11.2 Å². The number of nitrogens with zero attached hydrogens (tertiary/aromatic N) is 4. The van der Waals surface area contributed by atoms with Crippen LogP contribution in [0, 0.1) is 5.92 Å². The molecular formula is C27H32N5O6PS. The first-order chi connectivity index (χ1) is 19.2. The van der Waals surface area contributed by atoms with Gasteiger partial charge in [-0.2, -0.15) is 9.05 Å². The lowest BCUT2D eigenvalue weighted by molar-refractivity contribution is -0.0410. The van der Waals surface area contributed by atoms with Gasteiger partial charge in [0.1, 0.15) is 31.9 Å². The van der Waals surface area contributed by atoms with E-state index in [0.29, 0.717) is 22.6 Å². The number of hydrogen-bond acceptors (Lipinski definition) is 10. The fraction of sp³-hybridized carbons (Fsp3) is 0.407. The summed E-state index contributed by atoms with van der Waals surface area (Å²) >= 11 is 5.18. The molecule has 2 aromatic heterocycles. The second-order valence-corrected chi connectivity index (χ2v) is 12.9. The van der Waals surface area contributed by atoms with E-state index in [9.17, 15) is 14.8 Å². The lowest BCUT2D eigenvalue weighted by Gasteiger charge is -2.26. The summed E-state index contributed by atoms with van der Waals surface area (Å²) in [6.45, 7) is 6.14. The first kappa shape index (κ1) is 28.8. The molecule has 5 atom stereocenters. The van der Waals surface area contributed by atoms with Gasteiger partial charge in [0.25, 0.3) is 13.1 Å². The molecule has 0 saturated carbocycles. The van der Waals surface area contributed by atoms with Gasteiger partial charge in [0.05, 0.1) is 12.4 Å². The topological polar surface area (TPSA) is 141 Å². The number of nitrogens with one attached hydrogen (secondary N) is 1. The molecule has 0 radical (unpaired) electrons. The van der Waals surface area contributed by atoms with Gasteiger partial charge in [-0.25, -0.2) is 19.8 Å². The van der Waals surface area contributed by atoms with Crippen molar-refractivity contribution in [2.24, 2.45) is 5.92 Å². The quantitative estimate of drug-likeness (QED) is 0.179. The van der Waals surface area contributed by atoms with E-state index < -0.39 is 25.6 Å². The summed E-state index contributed by atoms with van der Waals surface area (Å²) in [5.41, 5.74) is 3.55. The van der Waals surface area contributed by atoms with Crippen molar-refractivity contribution >= 4 is 42.3 Å². The molecule has 0 spiro atoms. The van der Waals surface area contributed by atoms with Crippen molar-refractivity contribution in [3.8, 4) is 0 Å². The average Bonchev–Trinajstić information content (AvgIpc) is 3.55. The van der Waals surface area contributed by atoms with Gasteiger partial charge in [0.2, 0.25) is 0 Å². The maximum atomic E-state index is 12.6. The van der Waals surface area contributed by atoms with Gasteiger partial charge in [-0.1, -0.05) is 36.4 Å². The number of imidazole rings is 1. The Morgan fingerprint density at radius 3 is 2.80 bits per heavy atom. The summed E-state index contributed by atoms with van der Waals surface area (Å²) in [6, 6.07) is 8.78. The summed E-state index contributed by atoms with van der Waals surface area (Å²) < 4.78 is 18.8. The van der Waals surface area contributed by atoms with Crippen LogP contribution >= 0.6 is 7.15 Å². The van der Waals surface area contributed by atoms with Gasteiger partial charge in [0.15, 0.2) is 17.0 Å².